The molecule has 6 nitrogen and oxygen atoms in total. The van der Waals surface area contributed by atoms with Gasteiger partial charge in [0.2, 0.25) is 0 Å². The highest BCUT2D eigenvalue weighted by Crippen LogP contribution is 2.35. The van der Waals surface area contributed by atoms with Crippen LogP contribution >= 0.6 is 12.6 Å². The van der Waals surface area contributed by atoms with Gasteiger partial charge >= 0.3 is 0 Å². The number of nitrogens with zero attached hydrogens (tertiary/aromatic N) is 3. The molecule has 1 aliphatic rings. The SMILES string of the molecule is CC(C)Nc1n[nH]c(C2CCNCC2)c1-c1nccc(CS)n1. The molecule has 1 aliphatic heterocycles. The maximum absolute atomic E-state index is 4.65. The maximum atomic E-state index is 4.65. The van der Waals surface area contributed by atoms with E-state index < -0.39 is 0 Å². The van der Waals surface area contributed by atoms with Gasteiger partial charge in [-0.15, -0.1) is 0 Å². The molecule has 0 aromatic carbocycles. The van der Waals surface area contributed by atoms with Crippen molar-refractivity contribution >= 4 is 18.4 Å². The molecule has 3 heterocycles. The zero-order chi connectivity index (χ0) is 16.2. The number of piperidine rings is 1. The van der Waals surface area contributed by atoms with Gasteiger partial charge in [0, 0.05) is 23.9 Å². The minimum Gasteiger partial charge on any atom is -0.366 e. The van der Waals surface area contributed by atoms with Gasteiger partial charge in [0.05, 0.1) is 17.0 Å². The minimum absolute atomic E-state index is 0.297. The highest BCUT2D eigenvalue weighted by Gasteiger charge is 2.25. The lowest BCUT2D eigenvalue weighted by Crippen LogP contribution is -2.27. The Morgan fingerprint density at radius 2 is 2.13 bits per heavy atom. The molecule has 0 aliphatic carbocycles. The summed E-state index contributed by atoms with van der Waals surface area (Å²) in [4.78, 5) is 9.15. The van der Waals surface area contributed by atoms with Gasteiger partial charge in [-0.3, -0.25) is 5.10 Å². The third-order valence-corrected chi connectivity index (χ3v) is 4.39. The van der Waals surface area contributed by atoms with E-state index >= 15 is 0 Å². The summed E-state index contributed by atoms with van der Waals surface area (Å²) in [6.45, 7) is 6.28. The molecule has 0 unspecified atom stereocenters. The van der Waals surface area contributed by atoms with Crippen LogP contribution in [0, 0.1) is 0 Å². The van der Waals surface area contributed by atoms with Gasteiger partial charge in [0.1, 0.15) is 0 Å². The predicted molar refractivity (Wildman–Crippen MR) is 95.9 cm³/mol. The Hall–Kier alpha value is -1.60. The fraction of sp³-hybridized carbons (Fsp3) is 0.562. The van der Waals surface area contributed by atoms with E-state index in [0.717, 1.165) is 54.5 Å². The van der Waals surface area contributed by atoms with Gasteiger partial charge in [-0.05, 0) is 45.8 Å². The van der Waals surface area contributed by atoms with Crippen molar-refractivity contribution in [3.05, 3.63) is 23.7 Å². The number of H-pyrrole nitrogens is 1. The van der Waals surface area contributed by atoms with Gasteiger partial charge < -0.3 is 10.6 Å². The number of anilines is 1. The number of hydrogen-bond donors (Lipinski definition) is 4. The van der Waals surface area contributed by atoms with Crippen LogP contribution in [0.5, 0.6) is 0 Å². The molecule has 1 fully saturated rings. The predicted octanol–water partition coefficient (Wildman–Crippen LogP) is 2.58. The van der Waals surface area contributed by atoms with E-state index in [9.17, 15) is 0 Å². The first-order valence-electron chi connectivity index (χ1n) is 8.17. The average molecular weight is 332 g/mol. The molecule has 3 rings (SSSR count). The molecule has 2 aromatic rings. The second kappa shape index (κ2) is 7.31. The summed E-state index contributed by atoms with van der Waals surface area (Å²) in [6.07, 6.45) is 4.00. The molecule has 3 N–H and O–H groups in total. The molecule has 23 heavy (non-hydrogen) atoms. The molecular formula is C16H24N6S. The Kier molecular flexibility index (Phi) is 5.17. The summed E-state index contributed by atoms with van der Waals surface area (Å²) in [6, 6.07) is 2.20. The van der Waals surface area contributed by atoms with Crippen molar-refractivity contribution in [3.8, 4) is 11.4 Å². The summed E-state index contributed by atoms with van der Waals surface area (Å²) >= 11 is 4.33. The Balaban J connectivity index is 2.04. The smallest absolute Gasteiger partial charge is 0.165 e. The summed E-state index contributed by atoms with van der Waals surface area (Å²) in [5.74, 6) is 2.62. The Morgan fingerprint density at radius 3 is 2.83 bits per heavy atom. The van der Waals surface area contributed by atoms with Crippen molar-refractivity contribution < 1.29 is 0 Å². The lowest BCUT2D eigenvalue weighted by molar-refractivity contribution is 0.453. The van der Waals surface area contributed by atoms with Crippen LogP contribution in [0.2, 0.25) is 0 Å². The fourth-order valence-electron chi connectivity index (χ4n) is 2.97. The van der Waals surface area contributed by atoms with Gasteiger partial charge in [0.25, 0.3) is 0 Å². The molecule has 0 bridgehead atoms. The molecule has 0 spiro atoms. The highest BCUT2D eigenvalue weighted by atomic mass is 32.1. The molecule has 0 radical (unpaired) electrons. The molecule has 0 atom stereocenters. The summed E-state index contributed by atoms with van der Waals surface area (Å²) in [5.41, 5.74) is 3.08. The topological polar surface area (TPSA) is 78.5 Å². The van der Waals surface area contributed by atoms with Gasteiger partial charge in [-0.25, -0.2) is 9.97 Å². The second-order valence-electron chi connectivity index (χ2n) is 6.21. The van der Waals surface area contributed by atoms with Crippen LogP contribution in [0.4, 0.5) is 5.82 Å². The van der Waals surface area contributed by atoms with Crippen molar-refractivity contribution in [1.29, 1.82) is 0 Å². The zero-order valence-corrected chi connectivity index (χ0v) is 14.5. The number of aromatic nitrogens is 4. The monoisotopic (exact) mass is 332 g/mol. The number of nitrogens with one attached hydrogen (secondary N) is 3. The molecule has 2 aromatic heterocycles. The number of aromatic amines is 1. The minimum atomic E-state index is 0.297. The van der Waals surface area contributed by atoms with Crippen LogP contribution in [0.25, 0.3) is 11.4 Å². The summed E-state index contributed by atoms with van der Waals surface area (Å²) in [5, 5.41) is 14.6. The number of rotatable bonds is 5. The first-order valence-corrected chi connectivity index (χ1v) is 8.81. The summed E-state index contributed by atoms with van der Waals surface area (Å²) in [7, 11) is 0. The zero-order valence-electron chi connectivity index (χ0n) is 13.6. The van der Waals surface area contributed by atoms with Crippen LogP contribution < -0.4 is 10.6 Å². The maximum Gasteiger partial charge on any atom is 0.165 e. The van der Waals surface area contributed by atoms with Crippen LogP contribution in [-0.2, 0) is 5.75 Å². The van der Waals surface area contributed by atoms with Crippen molar-refractivity contribution in [1.82, 2.24) is 25.5 Å². The third kappa shape index (κ3) is 3.67. The Labute approximate surface area is 142 Å². The second-order valence-corrected chi connectivity index (χ2v) is 6.53. The van der Waals surface area contributed by atoms with E-state index in [-0.39, 0.29) is 0 Å². The van der Waals surface area contributed by atoms with E-state index in [1.54, 1.807) is 6.20 Å². The molecule has 124 valence electrons. The van der Waals surface area contributed by atoms with Crippen molar-refractivity contribution in [2.75, 3.05) is 18.4 Å². The highest BCUT2D eigenvalue weighted by molar-refractivity contribution is 7.79. The van der Waals surface area contributed by atoms with Crippen molar-refractivity contribution in [3.63, 3.8) is 0 Å². The van der Waals surface area contributed by atoms with Crippen LogP contribution in [0.3, 0.4) is 0 Å². The van der Waals surface area contributed by atoms with E-state index in [1.807, 2.05) is 6.07 Å². The molecule has 7 heteroatoms. The lowest BCUT2D eigenvalue weighted by atomic mass is 9.91. The Bertz CT molecular complexity index is 648. The van der Waals surface area contributed by atoms with Crippen molar-refractivity contribution in [2.45, 2.75) is 44.4 Å². The van der Waals surface area contributed by atoms with E-state index in [0.29, 0.717) is 17.7 Å². The van der Waals surface area contributed by atoms with E-state index in [4.69, 9.17) is 0 Å². The average Bonchev–Trinajstić information content (AvgIpc) is 2.98. The van der Waals surface area contributed by atoms with Gasteiger partial charge in [-0.1, -0.05) is 0 Å². The fourth-order valence-corrected chi connectivity index (χ4v) is 3.15. The molecular weight excluding hydrogens is 308 g/mol. The first-order chi connectivity index (χ1) is 11.2. The standard InChI is InChI=1S/C16H24N6S/c1-10(2)19-16-13(15-18-8-5-12(9-23)20-15)14(21-22-16)11-3-6-17-7-4-11/h5,8,10-11,17,23H,3-4,6-7,9H2,1-2H3,(H2,19,21,22). The van der Waals surface area contributed by atoms with Crippen LogP contribution in [0.15, 0.2) is 12.3 Å². The molecule has 0 saturated carbocycles. The van der Waals surface area contributed by atoms with Crippen LogP contribution in [0.1, 0.15) is 44.0 Å². The van der Waals surface area contributed by atoms with Crippen molar-refractivity contribution in [2.24, 2.45) is 0 Å². The molecule has 1 saturated heterocycles. The number of thiol groups is 1. The van der Waals surface area contributed by atoms with Gasteiger partial charge in [0.15, 0.2) is 11.6 Å². The Morgan fingerprint density at radius 1 is 1.35 bits per heavy atom. The summed E-state index contributed by atoms with van der Waals surface area (Å²) < 4.78 is 0. The first kappa shape index (κ1) is 16.3. The number of hydrogen-bond acceptors (Lipinski definition) is 6. The normalized spacial score (nSPS) is 16.0. The molecule has 0 amide bonds. The lowest BCUT2D eigenvalue weighted by Gasteiger charge is -2.22. The largest absolute Gasteiger partial charge is 0.366 e. The van der Waals surface area contributed by atoms with Gasteiger partial charge in [-0.2, -0.15) is 17.7 Å². The third-order valence-electron chi connectivity index (χ3n) is 4.07. The van der Waals surface area contributed by atoms with E-state index in [2.05, 4.69) is 57.3 Å². The van der Waals surface area contributed by atoms with Crippen LogP contribution in [-0.4, -0.2) is 39.3 Å². The quantitative estimate of drug-likeness (QED) is 0.633. The van der Waals surface area contributed by atoms with E-state index in [1.165, 1.54) is 0 Å².